The molecule has 6 nitrogen and oxygen atoms in total. The molecule has 3 aliphatic rings. The highest BCUT2D eigenvalue weighted by atomic mass is 16.5. The van der Waals surface area contributed by atoms with E-state index in [1.807, 2.05) is 27.7 Å². The maximum absolute atomic E-state index is 13.6. The van der Waals surface area contributed by atoms with Crippen LogP contribution in [0.2, 0.25) is 0 Å². The molecule has 0 aliphatic carbocycles. The van der Waals surface area contributed by atoms with Crippen LogP contribution in [0.4, 0.5) is 0 Å². The first-order valence-corrected chi connectivity index (χ1v) is 20.3. The number of aryl methyl sites for hydroxylation is 2. The second-order valence-electron chi connectivity index (χ2n) is 16.4. The summed E-state index contributed by atoms with van der Waals surface area (Å²) < 4.78 is 0. The van der Waals surface area contributed by atoms with E-state index in [-0.39, 0.29) is 0 Å². The van der Waals surface area contributed by atoms with E-state index in [4.69, 9.17) is 9.97 Å². The molecule has 53 heavy (non-hydrogen) atoms. The van der Waals surface area contributed by atoms with E-state index in [0.717, 1.165) is 106 Å². The van der Waals surface area contributed by atoms with Crippen molar-refractivity contribution in [1.29, 1.82) is 0 Å². The Kier molecular flexibility index (Phi) is 10.7. The Labute approximate surface area is 316 Å². The van der Waals surface area contributed by atoms with Gasteiger partial charge in [0.05, 0.1) is 33.9 Å². The molecule has 2 N–H and O–H groups in total. The van der Waals surface area contributed by atoms with Gasteiger partial charge in [-0.25, -0.2) is 9.97 Å². The van der Waals surface area contributed by atoms with Gasteiger partial charge in [0.15, 0.2) is 0 Å². The van der Waals surface area contributed by atoms with Gasteiger partial charge in [-0.1, -0.05) is 71.4 Å². The molecule has 0 saturated carbocycles. The third-order valence-electron chi connectivity index (χ3n) is 11.8. The summed E-state index contributed by atoms with van der Waals surface area (Å²) in [6.07, 6.45) is 22.2. The van der Waals surface area contributed by atoms with E-state index >= 15 is 0 Å². The molecular weight excluding hydrogens is 651 g/mol. The second-order valence-corrected chi connectivity index (χ2v) is 16.4. The molecule has 277 valence electrons. The van der Waals surface area contributed by atoms with E-state index in [1.54, 1.807) is 0 Å². The summed E-state index contributed by atoms with van der Waals surface area (Å²) in [5.41, 5.74) is 15.3. The third-order valence-corrected chi connectivity index (χ3v) is 11.8. The smallest absolute Gasteiger partial charge is 0.0699 e. The fraction of sp³-hybridized carbons (Fsp3) is 0.447. The van der Waals surface area contributed by atoms with Gasteiger partial charge in [-0.15, -0.1) is 10.3 Å². The lowest BCUT2D eigenvalue weighted by Gasteiger charge is -2.32. The van der Waals surface area contributed by atoms with Crippen molar-refractivity contribution >= 4 is 46.4 Å². The van der Waals surface area contributed by atoms with E-state index in [2.05, 4.69) is 97.5 Å². The van der Waals surface area contributed by atoms with Gasteiger partial charge < -0.3 is 9.97 Å². The van der Waals surface area contributed by atoms with E-state index in [1.165, 1.54) is 60.3 Å². The second kappa shape index (κ2) is 15.2. The molecule has 6 heteroatoms. The minimum Gasteiger partial charge on any atom is -0.355 e. The van der Waals surface area contributed by atoms with Crippen molar-refractivity contribution in [3.8, 4) is 11.1 Å². The average Bonchev–Trinajstić information content (AvgIpc) is 4.00. The Morgan fingerprint density at radius 1 is 0.528 bits per heavy atom. The number of hydroxylamine groups is 2. The molecule has 0 amide bonds. The molecule has 0 saturated heterocycles. The largest absolute Gasteiger partial charge is 0.355 e. The fourth-order valence-corrected chi connectivity index (χ4v) is 8.79. The van der Waals surface area contributed by atoms with Gasteiger partial charge in [-0.2, -0.15) is 0 Å². The number of rotatable bonds is 13. The molecule has 1 radical (unpaired) electrons. The highest BCUT2D eigenvalue weighted by molar-refractivity contribution is 5.95. The molecule has 4 aromatic rings. The Bertz CT molecular complexity index is 2100. The monoisotopic (exact) mass is 708 g/mol. The minimum absolute atomic E-state index is 0.601. The molecule has 1 aromatic carbocycles. The predicted octanol–water partition coefficient (Wildman–Crippen LogP) is 12.7. The Balaban J connectivity index is 1.56. The maximum atomic E-state index is 13.6. The molecule has 3 aromatic heterocycles. The summed E-state index contributed by atoms with van der Waals surface area (Å²) in [6, 6.07) is 15.6. The van der Waals surface area contributed by atoms with Crippen molar-refractivity contribution in [3.63, 3.8) is 0 Å². The van der Waals surface area contributed by atoms with Crippen LogP contribution in [0.15, 0.2) is 42.5 Å². The summed E-state index contributed by atoms with van der Waals surface area (Å²) >= 11 is 0. The summed E-state index contributed by atoms with van der Waals surface area (Å²) in [6.45, 7) is 14.9. The normalized spacial score (nSPS) is 15.8. The van der Waals surface area contributed by atoms with Gasteiger partial charge in [0.2, 0.25) is 0 Å². The van der Waals surface area contributed by atoms with Gasteiger partial charge in [-0.3, -0.25) is 0 Å². The van der Waals surface area contributed by atoms with Crippen LogP contribution in [-0.4, -0.2) is 25.0 Å². The SMILES string of the molecule is CCCCCc1c2nc(c(CCCCC)c3ccc([nH]3)c(-c3ccc4c(c3)C(C)(C)N([O])C4(C)C)c3ccc([nH]3)c(CCCCC)c3nc1C=C3)C=C2. The Morgan fingerprint density at radius 2 is 0.943 bits per heavy atom. The zero-order valence-corrected chi connectivity index (χ0v) is 33.1. The molecule has 8 bridgehead atoms. The summed E-state index contributed by atoms with van der Waals surface area (Å²) in [7, 11) is 0. The summed E-state index contributed by atoms with van der Waals surface area (Å²) in [5, 5.41) is 14.9. The van der Waals surface area contributed by atoms with Crippen molar-refractivity contribution < 1.29 is 5.21 Å². The first-order chi connectivity index (χ1) is 25.6. The van der Waals surface area contributed by atoms with Crippen LogP contribution in [0.3, 0.4) is 0 Å². The maximum Gasteiger partial charge on any atom is 0.0699 e. The molecule has 7 rings (SSSR count). The molecule has 3 aliphatic heterocycles. The van der Waals surface area contributed by atoms with E-state index in [0.29, 0.717) is 0 Å². The number of H-pyrrole nitrogens is 2. The fourth-order valence-electron chi connectivity index (χ4n) is 8.79. The molecule has 0 unspecified atom stereocenters. The first kappa shape index (κ1) is 37.1. The molecular formula is C47H58N5O. The lowest BCUT2D eigenvalue weighted by molar-refractivity contribution is -0.266. The number of unbranched alkanes of at least 4 members (excludes halogenated alkanes) is 6. The minimum atomic E-state index is -0.648. The van der Waals surface area contributed by atoms with Crippen LogP contribution >= 0.6 is 0 Å². The first-order valence-electron chi connectivity index (χ1n) is 20.3. The standard InChI is InChI=1S/C47H58N5O/c1-8-11-14-17-32-37-22-24-39(48-37)33(18-15-12-9-2)41-26-28-43(50-41)45(31-20-21-35-36(30-31)47(6,7)52(53)46(35,4)5)44-29-27-42(51-44)34(19-16-13-10-3)40-25-23-38(32)49-40/h20-30,50-51H,8-19H2,1-7H3. The van der Waals surface area contributed by atoms with Gasteiger partial charge in [-0.05, 0) is 138 Å². The van der Waals surface area contributed by atoms with E-state index < -0.39 is 11.1 Å². The number of aromatic amines is 2. The van der Waals surface area contributed by atoms with Crippen LogP contribution in [0, 0.1) is 0 Å². The third kappa shape index (κ3) is 6.97. The van der Waals surface area contributed by atoms with Gasteiger partial charge in [0, 0.05) is 44.3 Å². The van der Waals surface area contributed by atoms with Crippen LogP contribution in [0.5, 0.6) is 0 Å². The quantitative estimate of drug-likeness (QED) is 0.117. The van der Waals surface area contributed by atoms with E-state index in [9.17, 15) is 5.21 Å². The highest BCUT2D eigenvalue weighted by Crippen LogP contribution is 2.49. The number of hydrogen-bond acceptors (Lipinski definition) is 3. The zero-order valence-electron chi connectivity index (χ0n) is 33.1. The topological polar surface area (TPSA) is 80.5 Å². The van der Waals surface area contributed by atoms with Crippen LogP contribution in [0.25, 0.3) is 57.5 Å². The average molecular weight is 709 g/mol. The number of nitrogens with one attached hydrogen (secondary N) is 2. The van der Waals surface area contributed by atoms with Crippen LogP contribution in [0.1, 0.15) is 157 Å². The number of benzene rings is 1. The highest BCUT2D eigenvalue weighted by Gasteiger charge is 2.50. The zero-order chi connectivity index (χ0) is 37.3. The lowest BCUT2D eigenvalue weighted by Crippen LogP contribution is -2.41. The van der Waals surface area contributed by atoms with Gasteiger partial charge >= 0.3 is 0 Å². The van der Waals surface area contributed by atoms with Crippen molar-refractivity contribution in [3.05, 3.63) is 93.1 Å². The molecule has 6 heterocycles. The number of nitrogens with zero attached hydrogens (tertiary/aromatic N) is 3. The van der Waals surface area contributed by atoms with Crippen molar-refractivity contribution in [2.75, 3.05) is 0 Å². The predicted molar refractivity (Wildman–Crippen MR) is 223 cm³/mol. The number of fused-ring (bicyclic) bond motifs is 9. The molecule has 0 fully saturated rings. The van der Waals surface area contributed by atoms with Gasteiger partial charge in [0.1, 0.15) is 0 Å². The molecule has 0 spiro atoms. The Hall–Kier alpha value is -4.26. The molecule has 0 atom stereocenters. The number of aromatic nitrogens is 4. The van der Waals surface area contributed by atoms with Crippen molar-refractivity contribution in [2.24, 2.45) is 0 Å². The van der Waals surface area contributed by atoms with Crippen molar-refractivity contribution in [2.45, 2.75) is 137 Å². The van der Waals surface area contributed by atoms with Crippen LogP contribution in [-0.2, 0) is 35.5 Å². The Morgan fingerprint density at radius 3 is 1.42 bits per heavy atom. The summed E-state index contributed by atoms with van der Waals surface area (Å²) in [4.78, 5) is 18.6. The summed E-state index contributed by atoms with van der Waals surface area (Å²) in [5.74, 6) is 0. The van der Waals surface area contributed by atoms with Gasteiger partial charge in [0.25, 0.3) is 0 Å². The van der Waals surface area contributed by atoms with Crippen LogP contribution < -0.4 is 0 Å². The number of hydrogen-bond donors (Lipinski definition) is 2. The lowest BCUT2D eigenvalue weighted by atomic mass is 9.88. The van der Waals surface area contributed by atoms with Crippen molar-refractivity contribution in [1.82, 2.24) is 25.0 Å².